The first-order valence-electron chi connectivity index (χ1n) is 11.1. The van der Waals surface area contributed by atoms with E-state index in [4.69, 9.17) is 14.5 Å². The standard InChI is InChI=1S/C25H37N3O3/c1-8-27(28(18(3)4)19(5)6)24-23(25(29)31-9-2)20(7)15-22(26-24)17-30-16-21-13-11-10-12-14-21/h10-15,18-19H,8-9,16-17H2,1-7H3. The third kappa shape index (κ3) is 6.52. The smallest absolute Gasteiger partial charge is 0.342 e. The van der Waals surface area contributed by atoms with E-state index in [2.05, 4.69) is 44.6 Å². The number of aromatic nitrogens is 1. The van der Waals surface area contributed by atoms with Gasteiger partial charge in [0.05, 0.1) is 25.5 Å². The summed E-state index contributed by atoms with van der Waals surface area (Å²) in [5.74, 6) is 0.284. The second kappa shape index (κ2) is 11.8. The van der Waals surface area contributed by atoms with Crippen molar-refractivity contribution in [1.29, 1.82) is 0 Å². The average molecular weight is 428 g/mol. The van der Waals surface area contributed by atoms with Crippen molar-refractivity contribution in [2.24, 2.45) is 0 Å². The zero-order chi connectivity index (χ0) is 23.0. The quantitative estimate of drug-likeness (QED) is 0.365. The molecule has 0 unspecified atom stereocenters. The first-order chi connectivity index (χ1) is 14.8. The first-order valence-corrected chi connectivity index (χ1v) is 11.1. The zero-order valence-electron chi connectivity index (χ0n) is 20.0. The summed E-state index contributed by atoms with van der Waals surface area (Å²) in [6, 6.07) is 12.5. The van der Waals surface area contributed by atoms with Gasteiger partial charge in [-0.1, -0.05) is 30.3 Å². The number of hydrogen-bond acceptors (Lipinski definition) is 6. The van der Waals surface area contributed by atoms with Crippen LogP contribution in [0.2, 0.25) is 0 Å². The highest BCUT2D eigenvalue weighted by molar-refractivity contribution is 5.96. The molecule has 2 aromatic rings. The topological polar surface area (TPSA) is 54.9 Å². The number of anilines is 1. The van der Waals surface area contributed by atoms with Gasteiger partial charge in [0, 0.05) is 18.6 Å². The number of hydrazine groups is 1. The van der Waals surface area contributed by atoms with Crippen LogP contribution in [0.15, 0.2) is 36.4 Å². The molecule has 2 rings (SSSR count). The Labute approximate surface area is 187 Å². The molecule has 6 nitrogen and oxygen atoms in total. The van der Waals surface area contributed by atoms with Gasteiger partial charge >= 0.3 is 5.97 Å². The van der Waals surface area contributed by atoms with Gasteiger partial charge in [-0.05, 0) is 65.7 Å². The van der Waals surface area contributed by atoms with E-state index in [1.165, 1.54) is 0 Å². The number of hydrogen-bond donors (Lipinski definition) is 0. The summed E-state index contributed by atoms with van der Waals surface area (Å²) in [5, 5.41) is 4.34. The molecule has 0 saturated carbocycles. The molecule has 170 valence electrons. The molecule has 1 aromatic heterocycles. The Hall–Kier alpha value is -2.44. The van der Waals surface area contributed by atoms with E-state index in [0.717, 1.165) is 16.8 Å². The highest BCUT2D eigenvalue weighted by Crippen LogP contribution is 2.27. The summed E-state index contributed by atoms with van der Waals surface area (Å²) < 4.78 is 11.3. The van der Waals surface area contributed by atoms with Crippen molar-refractivity contribution in [1.82, 2.24) is 9.99 Å². The zero-order valence-corrected chi connectivity index (χ0v) is 20.0. The van der Waals surface area contributed by atoms with Crippen LogP contribution in [0.1, 0.15) is 68.7 Å². The fourth-order valence-corrected chi connectivity index (χ4v) is 3.86. The van der Waals surface area contributed by atoms with Crippen LogP contribution in [0.25, 0.3) is 0 Å². The Kier molecular flexibility index (Phi) is 9.46. The number of ether oxygens (including phenoxy) is 2. The predicted octanol–water partition coefficient (Wildman–Crippen LogP) is 5.14. The van der Waals surface area contributed by atoms with Crippen LogP contribution in [0.4, 0.5) is 5.82 Å². The van der Waals surface area contributed by atoms with E-state index in [1.54, 1.807) is 0 Å². The van der Waals surface area contributed by atoms with Gasteiger partial charge < -0.3 is 9.47 Å². The van der Waals surface area contributed by atoms with Gasteiger partial charge in [0.15, 0.2) is 5.82 Å². The molecule has 0 saturated heterocycles. The summed E-state index contributed by atoms with van der Waals surface area (Å²) in [4.78, 5) is 17.7. The predicted molar refractivity (Wildman–Crippen MR) is 125 cm³/mol. The molecule has 0 radical (unpaired) electrons. The maximum Gasteiger partial charge on any atom is 0.342 e. The maximum absolute atomic E-state index is 12.8. The van der Waals surface area contributed by atoms with Crippen LogP contribution in [0.5, 0.6) is 0 Å². The molecular weight excluding hydrogens is 390 g/mol. The molecule has 1 heterocycles. The number of pyridine rings is 1. The number of benzene rings is 1. The molecule has 0 amide bonds. The molecule has 0 N–H and O–H groups in total. The Bertz CT molecular complexity index is 829. The molecule has 0 aliphatic rings. The van der Waals surface area contributed by atoms with Crippen molar-refractivity contribution < 1.29 is 14.3 Å². The third-order valence-corrected chi connectivity index (χ3v) is 4.97. The lowest BCUT2D eigenvalue weighted by molar-refractivity contribution is 0.0522. The van der Waals surface area contributed by atoms with E-state index >= 15 is 0 Å². The average Bonchev–Trinajstić information content (AvgIpc) is 2.71. The molecular formula is C25H37N3O3. The van der Waals surface area contributed by atoms with Gasteiger partial charge in [0.25, 0.3) is 0 Å². The molecule has 0 atom stereocenters. The van der Waals surface area contributed by atoms with Crippen molar-refractivity contribution in [2.75, 3.05) is 18.2 Å². The largest absolute Gasteiger partial charge is 0.462 e. The van der Waals surface area contributed by atoms with E-state index in [1.807, 2.05) is 50.2 Å². The van der Waals surface area contributed by atoms with E-state index in [9.17, 15) is 4.79 Å². The lowest BCUT2D eigenvalue weighted by atomic mass is 10.1. The fraction of sp³-hybridized carbons (Fsp3) is 0.520. The number of esters is 1. The van der Waals surface area contributed by atoms with E-state index in [-0.39, 0.29) is 18.1 Å². The van der Waals surface area contributed by atoms with Crippen molar-refractivity contribution in [2.45, 2.75) is 73.8 Å². The number of rotatable bonds is 11. The lowest BCUT2D eigenvalue weighted by Gasteiger charge is -2.41. The highest BCUT2D eigenvalue weighted by Gasteiger charge is 2.28. The number of carbonyl (C=O) groups is 1. The van der Waals surface area contributed by atoms with Crippen molar-refractivity contribution in [3.63, 3.8) is 0 Å². The van der Waals surface area contributed by atoms with Gasteiger partial charge in [0.2, 0.25) is 0 Å². The molecule has 0 fully saturated rings. The normalized spacial score (nSPS) is 11.4. The maximum atomic E-state index is 12.8. The molecule has 0 aliphatic heterocycles. The Morgan fingerprint density at radius 3 is 2.23 bits per heavy atom. The van der Waals surface area contributed by atoms with Crippen LogP contribution < -0.4 is 5.01 Å². The van der Waals surface area contributed by atoms with Crippen molar-refractivity contribution >= 4 is 11.8 Å². The van der Waals surface area contributed by atoms with Crippen molar-refractivity contribution in [3.8, 4) is 0 Å². The number of carbonyl (C=O) groups excluding carboxylic acids is 1. The van der Waals surface area contributed by atoms with Crippen LogP contribution in [-0.4, -0.2) is 41.2 Å². The minimum Gasteiger partial charge on any atom is -0.462 e. The molecule has 1 aromatic carbocycles. The molecule has 0 aliphatic carbocycles. The van der Waals surface area contributed by atoms with Gasteiger partial charge in [0.1, 0.15) is 5.56 Å². The molecule has 6 heteroatoms. The van der Waals surface area contributed by atoms with Gasteiger partial charge in [-0.25, -0.2) is 14.8 Å². The number of nitrogens with zero attached hydrogens (tertiary/aromatic N) is 3. The lowest BCUT2D eigenvalue weighted by Crippen LogP contribution is -2.51. The van der Waals surface area contributed by atoms with Crippen LogP contribution in [0.3, 0.4) is 0 Å². The van der Waals surface area contributed by atoms with Gasteiger partial charge in [-0.2, -0.15) is 0 Å². The summed E-state index contributed by atoms with van der Waals surface area (Å²) >= 11 is 0. The van der Waals surface area contributed by atoms with Crippen LogP contribution in [-0.2, 0) is 22.7 Å². The van der Waals surface area contributed by atoms with E-state index < -0.39 is 0 Å². The minimum absolute atomic E-state index is 0.245. The van der Waals surface area contributed by atoms with Crippen LogP contribution >= 0.6 is 0 Å². The second-order valence-electron chi connectivity index (χ2n) is 8.11. The molecule has 31 heavy (non-hydrogen) atoms. The SMILES string of the molecule is CCOC(=O)c1c(C)cc(COCc2ccccc2)nc1N(CC)N(C(C)C)C(C)C. The van der Waals surface area contributed by atoms with E-state index in [0.29, 0.717) is 37.7 Å². The second-order valence-corrected chi connectivity index (χ2v) is 8.11. The highest BCUT2D eigenvalue weighted by atomic mass is 16.5. The third-order valence-electron chi connectivity index (χ3n) is 4.97. The molecule has 0 spiro atoms. The Morgan fingerprint density at radius 1 is 1.03 bits per heavy atom. The summed E-state index contributed by atoms with van der Waals surface area (Å²) in [6.45, 7) is 16.3. The first kappa shape index (κ1) is 24.8. The fourth-order valence-electron chi connectivity index (χ4n) is 3.86. The monoisotopic (exact) mass is 427 g/mol. The summed E-state index contributed by atoms with van der Waals surface area (Å²) in [5.41, 5.74) is 3.26. The minimum atomic E-state index is -0.342. The van der Waals surface area contributed by atoms with Gasteiger partial charge in [-0.3, -0.25) is 5.01 Å². The Balaban J connectivity index is 2.42. The Morgan fingerprint density at radius 2 is 1.68 bits per heavy atom. The summed E-state index contributed by atoms with van der Waals surface area (Å²) in [6.07, 6.45) is 0. The summed E-state index contributed by atoms with van der Waals surface area (Å²) in [7, 11) is 0. The van der Waals surface area contributed by atoms with Crippen molar-refractivity contribution in [3.05, 3.63) is 58.8 Å². The number of aryl methyl sites for hydroxylation is 1. The van der Waals surface area contributed by atoms with Gasteiger partial charge in [-0.15, -0.1) is 0 Å². The molecule has 0 bridgehead atoms. The van der Waals surface area contributed by atoms with Crippen LogP contribution in [0, 0.1) is 6.92 Å².